The third-order valence-corrected chi connectivity index (χ3v) is 2.38. The van der Waals surface area contributed by atoms with Crippen LogP contribution in [0.3, 0.4) is 0 Å². The van der Waals surface area contributed by atoms with Crippen LogP contribution in [0, 0.1) is 0 Å². The molecule has 0 nitrogen and oxygen atoms in total. The topological polar surface area (TPSA) is 0 Å². The molecule has 0 spiro atoms. The SMILES string of the molecule is C=C(/C=C\C=C(C)CC)c1ccccc1.CI. The summed E-state index contributed by atoms with van der Waals surface area (Å²) in [6.07, 6.45) is 7.35. The number of alkyl halides is 1. The summed E-state index contributed by atoms with van der Waals surface area (Å²) < 4.78 is 0. The molecule has 1 rings (SSSR count). The molecule has 0 aliphatic heterocycles. The zero-order chi connectivity index (χ0) is 13.1. The second-order valence-corrected chi connectivity index (χ2v) is 3.62. The first-order valence-electron chi connectivity index (χ1n) is 5.70. The van der Waals surface area contributed by atoms with Crippen LogP contribution in [0.4, 0.5) is 0 Å². The molecule has 0 saturated carbocycles. The van der Waals surface area contributed by atoms with Gasteiger partial charge in [-0.15, -0.1) is 0 Å². The van der Waals surface area contributed by atoms with Crippen LogP contribution in [0.5, 0.6) is 0 Å². The van der Waals surface area contributed by atoms with Crippen molar-refractivity contribution in [1.82, 2.24) is 0 Å². The average molecular weight is 340 g/mol. The van der Waals surface area contributed by atoms with Gasteiger partial charge in [-0.05, 0) is 29.4 Å². The highest BCUT2D eigenvalue weighted by Gasteiger charge is 1.90. The molecule has 0 bridgehead atoms. The highest BCUT2D eigenvalue weighted by atomic mass is 127. The van der Waals surface area contributed by atoms with Gasteiger partial charge >= 0.3 is 0 Å². The zero-order valence-electron chi connectivity index (χ0n) is 10.9. The third kappa shape index (κ3) is 7.16. The van der Waals surface area contributed by atoms with E-state index in [0.29, 0.717) is 0 Å². The van der Waals surface area contributed by atoms with Crippen molar-refractivity contribution in [3.63, 3.8) is 0 Å². The minimum absolute atomic E-state index is 1.05. The van der Waals surface area contributed by atoms with Crippen molar-refractivity contribution in [2.24, 2.45) is 0 Å². The van der Waals surface area contributed by atoms with Crippen LogP contribution in [-0.2, 0) is 0 Å². The normalized spacial score (nSPS) is 10.9. The fourth-order valence-electron chi connectivity index (χ4n) is 1.19. The van der Waals surface area contributed by atoms with E-state index in [0.717, 1.165) is 12.0 Å². The molecule has 0 radical (unpaired) electrons. The second-order valence-electron chi connectivity index (χ2n) is 3.62. The molecule has 17 heavy (non-hydrogen) atoms. The lowest BCUT2D eigenvalue weighted by Crippen LogP contribution is -1.76. The molecule has 0 N–H and O–H groups in total. The van der Waals surface area contributed by atoms with Gasteiger partial charge in [-0.1, -0.05) is 90.2 Å². The predicted octanol–water partition coefficient (Wildman–Crippen LogP) is 5.66. The summed E-state index contributed by atoms with van der Waals surface area (Å²) >= 11 is 2.15. The monoisotopic (exact) mass is 340 g/mol. The van der Waals surface area contributed by atoms with Crippen LogP contribution < -0.4 is 0 Å². The molecule has 0 aliphatic rings. The molecule has 0 unspecified atom stereocenters. The summed E-state index contributed by atoms with van der Waals surface area (Å²) in [6.45, 7) is 8.32. The number of rotatable bonds is 4. The van der Waals surface area contributed by atoms with Crippen LogP contribution in [0.15, 0.2) is 60.7 Å². The Bertz CT molecular complexity index is 372. The number of hydrogen-bond donors (Lipinski definition) is 0. The number of halogens is 1. The van der Waals surface area contributed by atoms with Gasteiger partial charge in [-0.3, -0.25) is 0 Å². The van der Waals surface area contributed by atoms with Crippen LogP contribution in [0.2, 0.25) is 0 Å². The summed E-state index contributed by atoms with van der Waals surface area (Å²) in [4.78, 5) is 1.97. The zero-order valence-corrected chi connectivity index (χ0v) is 13.1. The van der Waals surface area contributed by atoms with E-state index in [-0.39, 0.29) is 0 Å². The first kappa shape index (κ1) is 16.2. The fourth-order valence-corrected chi connectivity index (χ4v) is 1.19. The quantitative estimate of drug-likeness (QED) is 0.377. The lowest BCUT2D eigenvalue weighted by Gasteiger charge is -1.98. The van der Waals surface area contributed by atoms with Crippen molar-refractivity contribution in [3.05, 3.63) is 66.3 Å². The van der Waals surface area contributed by atoms with Crippen LogP contribution in [0.25, 0.3) is 5.57 Å². The van der Waals surface area contributed by atoms with E-state index in [1.807, 2.05) is 23.1 Å². The summed E-state index contributed by atoms with van der Waals surface area (Å²) in [5.41, 5.74) is 3.61. The maximum Gasteiger partial charge on any atom is -0.0121 e. The Labute approximate surface area is 119 Å². The average Bonchev–Trinajstić information content (AvgIpc) is 2.41. The van der Waals surface area contributed by atoms with E-state index in [4.69, 9.17) is 0 Å². The lowest BCUT2D eigenvalue weighted by molar-refractivity contribution is 1.10. The van der Waals surface area contributed by atoms with Gasteiger partial charge in [0, 0.05) is 0 Å². The Hall–Kier alpha value is -0.830. The number of allylic oxidation sites excluding steroid dienone is 5. The minimum atomic E-state index is 1.05. The largest absolute Gasteiger partial charge is 0.0912 e. The molecule has 0 heterocycles. The molecule has 0 saturated heterocycles. The Balaban J connectivity index is 0.00000121. The molecule has 1 heteroatoms. The summed E-state index contributed by atoms with van der Waals surface area (Å²) in [7, 11) is 0. The molecule has 92 valence electrons. The van der Waals surface area contributed by atoms with Crippen molar-refractivity contribution in [2.45, 2.75) is 20.3 Å². The smallest absolute Gasteiger partial charge is 0.0121 e. The first-order chi connectivity index (χ1) is 8.24. The molecular weight excluding hydrogens is 319 g/mol. The van der Waals surface area contributed by atoms with E-state index in [2.05, 4.69) is 73.4 Å². The summed E-state index contributed by atoms with van der Waals surface area (Å²) in [6, 6.07) is 10.2. The van der Waals surface area contributed by atoms with E-state index >= 15 is 0 Å². The molecule has 1 aromatic carbocycles. The second kappa shape index (κ2) is 10.3. The molecule has 1 aromatic rings. The molecule has 0 aliphatic carbocycles. The first-order valence-corrected chi connectivity index (χ1v) is 7.85. The van der Waals surface area contributed by atoms with Gasteiger partial charge in [0.25, 0.3) is 0 Å². The van der Waals surface area contributed by atoms with Gasteiger partial charge in [0.15, 0.2) is 0 Å². The Morgan fingerprint density at radius 3 is 2.35 bits per heavy atom. The maximum absolute atomic E-state index is 4.03. The fraction of sp³-hybridized carbons (Fsp3) is 0.250. The van der Waals surface area contributed by atoms with E-state index in [9.17, 15) is 0 Å². The maximum atomic E-state index is 4.03. The van der Waals surface area contributed by atoms with Crippen molar-refractivity contribution in [3.8, 4) is 0 Å². The lowest BCUT2D eigenvalue weighted by atomic mass is 10.1. The van der Waals surface area contributed by atoms with Gasteiger partial charge in [-0.25, -0.2) is 0 Å². The van der Waals surface area contributed by atoms with Gasteiger partial charge in [-0.2, -0.15) is 0 Å². The van der Waals surface area contributed by atoms with E-state index in [1.165, 1.54) is 11.1 Å². The van der Waals surface area contributed by atoms with Crippen LogP contribution >= 0.6 is 22.6 Å². The number of benzene rings is 1. The van der Waals surface area contributed by atoms with E-state index in [1.54, 1.807) is 0 Å². The predicted molar refractivity (Wildman–Crippen MR) is 88.6 cm³/mol. The standard InChI is InChI=1S/C15H18.CH3I/c1-4-13(2)9-8-10-14(3)15-11-6-5-7-12-15;1-2/h5-12H,3-4H2,1-2H3;1H3/b10-8-,13-9?;. The summed E-state index contributed by atoms with van der Waals surface area (Å²) in [5, 5.41) is 0. The van der Waals surface area contributed by atoms with Crippen molar-refractivity contribution in [2.75, 3.05) is 4.93 Å². The Morgan fingerprint density at radius 1 is 1.24 bits per heavy atom. The van der Waals surface area contributed by atoms with Crippen molar-refractivity contribution < 1.29 is 0 Å². The van der Waals surface area contributed by atoms with Crippen molar-refractivity contribution in [1.29, 1.82) is 0 Å². The number of hydrogen-bond acceptors (Lipinski definition) is 0. The molecule has 0 aromatic heterocycles. The van der Waals surface area contributed by atoms with Gasteiger partial charge in [0.1, 0.15) is 0 Å². The highest BCUT2D eigenvalue weighted by Crippen LogP contribution is 2.12. The molecular formula is C16H21I. The Morgan fingerprint density at radius 2 is 1.82 bits per heavy atom. The van der Waals surface area contributed by atoms with Crippen molar-refractivity contribution >= 4 is 28.2 Å². The van der Waals surface area contributed by atoms with Crippen LogP contribution in [0.1, 0.15) is 25.8 Å². The van der Waals surface area contributed by atoms with Gasteiger partial charge in [0.05, 0.1) is 0 Å². The summed E-state index contributed by atoms with van der Waals surface area (Å²) in [5.74, 6) is 0. The highest BCUT2D eigenvalue weighted by molar-refractivity contribution is 14.1. The van der Waals surface area contributed by atoms with Gasteiger partial charge < -0.3 is 0 Å². The minimum Gasteiger partial charge on any atom is -0.0912 e. The Kier molecular flexibility index (Phi) is 9.83. The molecule has 0 amide bonds. The molecule has 0 fully saturated rings. The third-order valence-electron chi connectivity index (χ3n) is 2.38. The van der Waals surface area contributed by atoms with E-state index < -0.39 is 0 Å². The van der Waals surface area contributed by atoms with Crippen LogP contribution in [-0.4, -0.2) is 4.93 Å². The molecule has 0 atom stereocenters. The van der Waals surface area contributed by atoms with Gasteiger partial charge in [0.2, 0.25) is 0 Å².